The van der Waals surface area contributed by atoms with Gasteiger partial charge in [0, 0.05) is 24.4 Å². The van der Waals surface area contributed by atoms with Crippen molar-refractivity contribution in [2.75, 3.05) is 19.7 Å². The second-order valence-corrected chi connectivity index (χ2v) is 6.44. The van der Waals surface area contributed by atoms with Gasteiger partial charge in [0.25, 0.3) is 5.91 Å². The molecule has 0 spiro atoms. The zero-order valence-corrected chi connectivity index (χ0v) is 12.3. The van der Waals surface area contributed by atoms with Crippen molar-refractivity contribution in [2.45, 2.75) is 44.4 Å². The Hall–Kier alpha value is -1.40. The Balaban J connectivity index is 1.48. The molecule has 1 saturated carbocycles. The van der Waals surface area contributed by atoms with Crippen LogP contribution in [-0.2, 0) is 4.74 Å². The van der Waals surface area contributed by atoms with Gasteiger partial charge >= 0.3 is 0 Å². The Morgan fingerprint density at radius 1 is 1.48 bits per heavy atom. The standard InChI is InChI=1S/C15H22N4O2/c1-9-8-16-14(17-9)15(20)18-11-10-4-7-21-13(10)12(11)19-5-2-3-6-19/h8,10-13H,2-7H2,1H3,(H,16,17)(H,18,20)/t10-,11+,12-,13-/m1/s1. The summed E-state index contributed by atoms with van der Waals surface area (Å²) in [5, 5.41) is 3.19. The number of ether oxygens (including phenoxy) is 1. The van der Waals surface area contributed by atoms with Crippen molar-refractivity contribution >= 4 is 5.91 Å². The molecule has 114 valence electrons. The molecule has 6 heteroatoms. The fourth-order valence-corrected chi connectivity index (χ4v) is 4.09. The van der Waals surface area contributed by atoms with E-state index in [4.69, 9.17) is 4.74 Å². The van der Waals surface area contributed by atoms with E-state index in [0.29, 0.717) is 23.9 Å². The molecule has 6 nitrogen and oxygen atoms in total. The second-order valence-electron chi connectivity index (χ2n) is 6.44. The van der Waals surface area contributed by atoms with E-state index in [9.17, 15) is 4.79 Å². The SMILES string of the molecule is Cc1cnc(C(=O)N[C@H]2[C@H]3CCO[C@H]3[C@@H]2N2CCCC2)[nH]1. The minimum absolute atomic E-state index is 0.0948. The van der Waals surface area contributed by atoms with Gasteiger partial charge in [-0.15, -0.1) is 0 Å². The number of aryl methyl sites for hydroxylation is 1. The summed E-state index contributed by atoms with van der Waals surface area (Å²) >= 11 is 0. The molecule has 4 rings (SSSR count). The van der Waals surface area contributed by atoms with Crippen LogP contribution >= 0.6 is 0 Å². The monoisotopic (exact) mass is 290 g/mol. The van der Waals surface area contributed by atoms with Crippen LogP contribution in [-0.4, -0.2) is 58.7 Å². The lowest BCUT2D eigenvalue weighted by Gasteiger charge is -2.51. The highest BCUT2D eigenvalue weighted by molar-refractivity contribution is 5.91. The van der Waals surface area contributed by atoms with Crippen LogP contribution in [0.5, 0.6) is 0 Å². The molecule has 0 bridgehead atoms. The molecule has 2 aliphatic heterocycles. The van der Waals surface area contributed by atoms with Crippen LogP contribution < -0.4 is 5.32 Å². The first-order valence-electron chi connectivity index (χ1n) is 7.92. The summed E-state index contributed by atoms with van der Waals surface area (Å²) in [4.78, 5) is 22.0. The van der Waals surface area contributed by atoms with Crippen LogP contribution in [0.25, 0.3) is 0 Å². The number of aromatic amines is 1. The van der Waals surface area contributed by atoms with Crippen molar-refractivity contribution < 1.29 is 9.53 Å². The number of carbonyl (C=O) groups excluding carboxylic acids is 1. The van der Waals surface area contributed by atoms with Gasteiger partial charge in [0.15, 0.2) is 5.82 Å². The number of H-pyrrole nitrogens is 1. The molecule has 0 unspecified atom stereocenters. The number of nitrogens with zero attached hydrogens (tertiary/aromatic N) is 2. The van der Waals surface area contributed by atoms with Gasteiger partial charge in [0.2, 0.25) is 0 Å². The number of imidazole rings is 1. The van der Waals surface area contributed by atoms with Crippen LogP contribution in [0.3, 0.4) is 0 Å². The number of hydrogen-bond acceptors (Lipinski definition) is 4. The van der Waals surface area contributed by atoms with E-state index in [1.54, 1.807) is 6.20 Å². The molecule has 1 aromatic rings. The third kappa shape index (κ3) is 2.17. The highest BCUT2D eigenvalue weighted by Gasteiger charge is 2.56. The summed E-state index contributed by atoms with van der Waals surface area (Å²) < 4.78 is 5.88. The molecule has 21 heavy (non-hydrogen) atoms. The second kappa shape index (κ2) is 5.10. The minimum atomic E-state index is -0.0948. The van der Waals surface area contributed by atoms with Crippen molar-refractivity contribution in [3.8, 4) is 0 Å². The smallest absolute Gasteiger partial charge is 0.287 e. The van der Waals surface area contributed by atoms with Gasteiger partial charge in [-0.25, -0.2) is 4.98 Å². The highest BCUT2D eigenvalue weighted by atomic mass is 16.5. The molecule has 4 atom stereocenters. The molecule has 1 aromatic heterocycles. The number of carbonyl (C=O) groups is 1. The first-order valence-corrected chi connectivity index (χ1v) is 7.92. The summed E-state index contributed by atoms with van der Waals surface area (Å²) in [6.07, 6.45) is 5.57. The lowest BCUT2D eigenvalue weighted by Crippen LogP contribution is -2.70. The van der Waals surface area contributed by atoms with E-state index in [-0.39, 0.29) is 11.9 Å². The van der Waals surface area contributed by atoms with Gasteiger partial charge in [-0.1, -0.05) is 0 Å². The van der Waals surface area contributed by atoms with E-state index in [1.807, 2.05) is 6.92 Å². The van der Waals surface area contributed by atoms with E-state index in [1.165, 1.54) is 12.8 Å². The summed E-state index contributed by atoms with van der Waals surface area (Å²) in [7, 11) is 0. The maximum absolute atomic E-state index is 12.3. The Morgan fingerprint density at radius 3 is 3.00 bits per heavy atom. The number of amides is 1. The van der Waals surface area contributed by atoms with Gasteiger partial charge in [-0.05, 0) is 39.3 Å². The fraction of sp³-hybridized carbons (Fsp3) is 0.733. The average molecular weight is 290 g/mol. The summed E-state index contributed by atoms with van der Waals surface area (Å²) in [6.45, 7) is 4.99. The molecule has 2 N–H and O–H groups in total. The molecular weight excluding hydrogens is 268 g/mol. The van der Waals surface area contributed by atoms with E-state index >= 15 is 0 Å². The predicted molar refractivity (Wildman–Crippen MR) is 77.0 cm³/mol. The summed E-state index contributed by atoms with van der Waals surface area (Å²) in [5.74, 6) is 0.785. The number of rotatable bonds is 3. The Kier molecular flexibility index (Phi) is 3.23. The van der Waals surface area contributed by atoms with Crippen molar-refractivity contribution in [1.29, 1.82) is 0 Å². The first kappa shape index (κ1) is 13.3. The lowest BCUT2D eigenvalue weighted by atomic mass is 9.70. The molecule has 2 saturated heterocycles. The van der Waals surface area contributed by atoms with E-state index in [0.717, 1.165) is 31.8 Å². The topological polar surface area (TPSA) is 70.2 Å². The van der Waals surface area contributed by atoms with Crippen molar-refractivity contribution in [2.24, 2.45) is 5.92 Å². The Bertz CT molecular complexity index is 533. The summed E-state index contributed by atoms with van der Waals surface area (Å²) in [5.41, 5.74) is 0.909. The van der Waals surface area contributed by atoms with Gasteiger partial charge in [0.1, 0.15) is 0 Å². The number of fused-ring (bicyclic) bond motifs is 1. The van der Waals surface area contributed by atoms with Crippen LogP contribution in [0, 0.1) is 12.8 Å². The number of likely N-dealkylation sites (tertiary alicyclic amines) is 1. The third-order valence-electron chi connectivity index (χ3n) is 5.13. The number of nitrogens with one attached hydrogen (secondary N) is 2. The van der Waals surface area contributed by atoms with Gasteiger partial charge in [0.05, 0.1) is 18.2 Å². The van der Waals surface area contributed by atoms with Crippen molar-refractivity contribution in [3.63, 3.8) is 0 Å². The first-order chi connectivity index (χ1) is 10.2. The quantitative estimate of drug-likeness (QED) is 0.860. The molecule has 3 aliphatic rings. The normalized spacial score (nSPS) is 35.5. The van der Waals surface area contributed by atoms with Crippen molar-refractivity contribution in [1.82, 2.24) is 20.2 Å². The van der Waals surface area contributed by atoms with Crippen LogP contribution in [0.1, 0.15) is 35.6 Å². The number of hydrogen-bond donors (Lipinski definition) is 2. The Labute approximate surface area is 124 Å². The van der Waals surface area contributed by atoms with Gasteiger partial charge < -0.3 is 15.0 Å². The van der Waals surface area contributed by atoms with Crippen LogP contribution in [0.4, 0.5) is 0 Å². The zero-order valence-electron chi connectivity index (χ0n) is 12.3. The largest absolute Gasteiger partial charge is 0.376 e. The van der Waals surface area contributed by atoms with E-state index < -0.39 is 0 Å². The molecule has 0 aromatic carbocycles. The van der Waals surface area contributed by atoms with Crippen molar-refractivity contribution in [3.05, 3.63) is 17.7 Å². The molecule has 0 radical (unpaired) electrons. The third-order valence-corrected chi connectivity index (χ3v) is 5.13. The zero-order chi connectivity index (χ0) is 14.4. The predicted octanol–water partition coefficient (Wildman–Crippen LogP) is 0.700. The van der Waals surface area contributed by atoms with Gasteiger partial charge in [-0.3, -0.25) is 9.69 Å². The molecule has 1 aliphatic carbocycles. The minimum Gasteiger partial charge on any atom is -0.376 e. The molecule has 1 amide bonds. The fourth-order valence-electron chi connectivity index (χ4n) is 4.09. The molecule has 3 heterocycles. The molecule has 3 fully saturated rings. The van der Waals surface area contributed by atoms with E-state index in [2.05, 4.69) is 20.2 Å². The Morgan fingerprint density at radius 2 is 2.29 bits per heavy atom. The van der Waals surface area contributed by atoms with Crippen LogP contribution in [0.15, 0.2) is 6.20 Å². The average Bonchev–Trinajstić information content (AvgIpc) is 3.17. The highest BCUT2D eigenvalue weighted by Crippen LogP contribution is 2.42. The maximum Gasteiger partial charge on any atom is 0.287 e. The molecular formula is C15H22N4O2. The summed E-state index contributed by atoms with van der Waals surface area (Å²) in [6, 6.07) is 0.550. The number of aromatic nitrogens is 2. The maximum atomic E-state index is 12.3. The van der Waals surface area contributed by atoms with Crippen LogP contribution in [0.2, 0.25) is 0 Å². The van der Waals surface area contributed by atoms with Gasteiger partial charge in [-0.2, -0.15) is 0 Å². The lowest BCUT2D eigenvalue weighted by molar-refractivity contribution is -0.0748.